The molecule has 4 N–H and O–H groups in total. The first-order valence-electron chi connectivity index (χ1n) is 9.96. The SMILES string of the molecule is CCCOc1ccccc1OCC(O)CNCCOc1ccc(O)c(C(=O)NC)c1. The Hall–Kier alpha value is -2.97. The van der Waals surface area contributed by atoms with Crippen LogP contribution in [0, 0.1) is 0 Å². The molecule has 0 saturated carbocycles. The van der Waals surface area contributed by atoms with Crippen molar-refractivity contribution in [2.75, 3.05) is 40.0 Å². The topological polar surface area (TPSA) is 109 Å². The number of aliphatic hydroxyl groups excluding tert-OH is 1. The third kappa shape index (κ3) is 7.46. The molecular weight excluding hydrogens is 388 g/mol. The summed E-state index contributed by atoms with van der Waals surface area (Å²) in [7, 11) is 1.49. The number of phenolic OH excluding ortho intramolecular Hbond substituents is 1. The first-order valence-corrected chi connectivity index (χ1v) is 9.96. The minimum Gasteiger partial charge on any atom is -0.507 e. The van der Waals surface area contributed by atoms with Crippen LogP contribution in [0.15, 0.2) is 42.5 Å². The third-order valence-electron chi connectivity index (χ3n) is 4.11. The Kier molecular flexibility index (Phi) is 9.76. The van der Waals surface area contributed by atoms with E-state index in [9.17, 15) is 15.0 Å². The van der Waals surface area contributed by atoms with Crippen molar-refractivity contribution in [3.05, 3.63) is 48.0 Å². The van der Waals surface area contributed by atoms with E-state index in [2.05, 4.69) is 10.6 Å². The summed E-state index contributed by atoms with van der Waals surface area (Å²) in [5.74, 6) is 1.25. The molecule has 2 rings (SSSR count). The van der Waals surface area contributed by atoms with Gasteiger partial charge in [0.1, 0.15) is 30.8 Å². The number of carbonyl (C=O) groups is 1. The van der Waals surface area contributed by atoms with Gasteiger partial charge in [0.05, 0.1) is 12.2 Å². The van der Waals surface area contributed by atoms with Crippen LogP contribution in [0.25, 0.3) is 0 Å². The van der Waals surface area contributed by atoms with Crippen molar-refractivity contribution in [2.24, 2.45) is 0 Å². The van der Waals surface area contributed by atoms with Crippen LogP contribution in [0.1, 0.15) is 23.7 Å². The average molecular weight is 418 g/mol. The highest BCUT2D eigenvalue weighted by Gasteiger charge is 2.11. The van der Waals surface area contributed by atoms with Crippen molar-refractivity contribution in [2.45, 2.75) is 19.4 Å². The fourth-order valence-corrected chi connectivity index (χ4v) is 2.58. The quantitative estimate of drug-likeness (QED) is 0.368. The maximum Gasteiger partial charge on any atom is 0.254 e. The van der Waals surface area contributed by atoms with Gasteiger partial charge in [0, 0.05) is 20.1 Å². The smallest absolute Gasteiger partial charge is 0.254 e. The van der Waals surface area contributed by atoms with Crippen LogP contribution in [0.4, 0.5) is 0 Å². The zero-order chi connectivity index (χ0) is 21.8. The van der Waals surface area contributed by atoms with Crippen LogP contribution in [0.5, 0.6) is 23.0 Å². The van der Waals surface area contributed by atoms with Gasteiger partial charge in [-0.25, -0.2) is 0 Å². The molecule has 0 spiro atoms. The van der Waals surface area contributed by atoms with E-state index in [1.165, 1.54) is 19.2 Å². The van der Waals surface area contributed by atoms with E-state index in [1.54, 1.807) is 6.07 Å². The Morgan fingerprint density at radius 2 is 1.80 bits per heavy atom. The van der Waals surface area contributed by atoms with E-state index in [0.29, 0.717) is 43.6 Å². The Bertz CT molecular complexity index is 799. The van der Waals surface area contributed by atoms with E-state index >= 15 is 0 Å². The zero-order valence-corrected chi connectivity index (χ0v) is 17.4. The molecule has 0 fully saturated rings. The van der Waals surface area contributed by atoms with Gasteiger partial charge in [0.15, 0.2) is 11.5 Å². The predicted molar refractivity (Wildman–Crippen MR) is 114 cm³/mol. The van der Waals surface area contributed by atoms with Gasteiger partial charge in [-0.15, -0.1) is 0 Å². The molecule has 0 aliphatic heterocycles. The first-order chi connectivity index (χ1) is 14.5. The lowest BCUT2D eigenvalue weighted by Gasteiger charge is -2.16. The summed E-state index contributed by atoms with van der Waals surface area (Å²) in [4.78, 5) is 11.7. The molecule has 0 saturated heterocycles. The van der Waals surface area contributed by atoms with Crippen molar-refractivity contribution in [1.82, 2.24) is 10.6 Å². The van der Waals surface area contributed by atoms with Crippen molar-refractivity contribution < 1.29 is 29.2 Å². The summed E-state index contributed by atoms with van der Waals surface area (Å²) in [5, 5.41) is 25.4. The van der Waals surface area contributed by atoms with Crippen LogP contribution in [-0.2, 0) is 0 Å². The van der Waals surface area contributed by atoms with Crippen LogP contribution in [0.2, 0.25) is 0 Å². The zero-order valence-electron chi connectivity index (χ0n) is 17.4. The highest BCUT2D eigenvalue weighted by molar-refractivity contribution is 5.97. The second-order valence-electron chi connectivity index (χ2n) is 6.57. The van der Waals surface area contributed by atoms with E-state index in [4.69, 9.17) is 14.2 Å². The van der Waals surface area contributed by atoms with Gasteiger partial charge in [-0.05, 0) is 36.8 Å². The largest absolute Gasteiger partial charge is 0.507 e. The number of hydrogen-bond donors (Lipinski definition) is 4. The first kappa shape index (κ1) is 23.3. The highest BCUT2D eigenvalue weighted by Crippen LogP contribution is 2.26. The summed E-state index contributed by atoms with van der Waals surface area (Å²) in [6.45, 7) is 3.93. The molecule has 164 valence electrons. The molecule has 0 aliphatic carbocycles. The lowest BCUT2D eigenvalue weighted by molar-refractivity contribution is 0.0959. The maximum absolute atomic E-state index is 11.7. The number of rotatable bonds is 13. The van der Waals surface area contributed by atoms with Crippen LogP contribution >= 0.6 is 0 Å². The number of hydrogen-bond acceptors (Lipinski definition) is 7. The number of aromatic hydroxyl groups is 1. The molecule has 8 heteroatoms. The molecular formula is C22H30N2O6. The fraction of sp³-hybridized carbons (Fsp3) is 0.409. The summed E-state index contributed by atoms with van der Waals surface area (Å²) in [6, 6.07) is 11.9. The molecule has 0 aliphatic rings. The molecule has 1 atom stereocenters. The minimum absolute atomic E-state index is 0.107. The molecule has 0 bridgehead atoms. The lowest BCUT2D eigenvalue weighted by Crippen LogP contribution is -2.33. The minimum atomic E-state index is -0.697. The number of para-hydroxylation sites is 2. The second-order valence-corrected chi connectivity index (χ2v) is 6.57. The fourth-order valence-electron chi connectivity index (χ4n) is 2.58. The van der Waals surface area contributed by atoms with Crippen LogP contribution < -0.4 is 24.8 Å². The van der Waals surface area contributed by atoms with E-state index in [-0.39, 0.29) is 23.8 Å². The standard InChI is InChI=1S/C22H30N2O6/c1-3-11-29-20-6-4-5-7-21(20)30-15-16(25)14-24-10-12-28-17-8-9-19(26)18(13-17)22(27)23-2/h4-9,13,16,24-26H,3,10-12,14-15H2,1-2H3,(H,23,27). The van der Waals surface area contributed by atoms with Crippen molar-refractivity contribution >= 4 is 5.91 Å². The summed E-state index contributed by atoms with van der Waals surface area (Å²) < 4.78 is 16.9. The van der Waals surface area contributed by atoms with Crippen LogP contribution in [-0.4, -0.2) is 62.2 Å². The molecule has 1 amide bonds. The van der Waals surface area contributed by atoms with Crippen molar-refractivity contribution in [3.8, 4) is 23.0 Å². The Morgan fingerprint density at radius 1 is 1.07 bits per heavy atom. The van der Waals surface area contributed by atoms with Gasteiger partial charge in [-0.3, -0.25) is 4.79 Å². The third-order valence-corrected chi connectivity index (χ3v) is 4.11. The Labute approximate surface area is 176 Å². The number of ether oxygens (including phenoxy) is 3. The van der Waals surface area contributed by atoms with E-state index in [1.807, 2.05) is 31.2 Å². The monoisotopic (exact) mass is 418 g/mol. The van der Waals surface area contributed by atoms with Crippen molar-refractivity contribution in [3.63, 3.8) is 0 Å². The molecule has 8 nitrogen and oxygen atoms in total. The molecule has 1 unspecified atom stereocenters. The normalized spacial score (nSPS) is 11.6. The van der Waals surface area contributed by atoms with E-state index < -0.39 is 6.10 Å². The Balaban J connectivity index is 1.68. The maximum atomic E-state index is 11.7. The summed E-state index contributed by atoms with van der Waals surface area (Å²) in [6.07, 6.45) is 0.206. The molecule has 0 radical (unpaired) electrons. The number of amides is 1. The molecule has 30 heavy (non-hydrogen) atoms. The predicted octanol–water partition coefficient (Wildman–Crippen LogP) is 1.95. The van der Waals surface area contributed by atoms with Gasteiger partial charge in [-0.1, -0.05) is 19.1 Å². The van der Waals surface area contributed by atoms with Gasteiger partial charge >= 0.3 is 0 Å². The van der Waals surface area contributed by atoms with E-state index in [0.717, 1.165) is 6.42 Å². The number of nitrogens with one attached hydrogen (secondary N) is 2. The number of carbonyl (C=O) groups excluding carboxylic acids is 1. The molecule has 2 aromatic carbocycles. The summed E-state index contributed by atoms with van der Waals surface area (Å²) >= 11 is 0. The number of benzene rings is 2. The molecule has 2 aromatic rings. The number of phenols is 1. The Morgan fingerprint density at radius 3 is 2.50 bits per heavy atom. The molecule has 0 heterocycles. The lowest BCUT2D eigenvalue weighted by atomic mass is 10.2. The van der Waals surface area contributed by atoms with Gasteiger partial charge in [0.2, 0.25) is 0 Å². The van der Waals surface area contributed by atoms with Gasteiger partial charge in [-0.2, -0.15) is 0 Å². The number of aliphatic hydroxyl groups is 1. The average Bonchev–Trinajstić information content (AvgIpc) is 2.77. The van der Waals surface area contributed by atoms with Crippen molar-refractivity contribution in [1.29, 1.82) is 0 Å². The molecule has 0 aromatic heterocycles. The van der Waals surface area contributed by atoms with Crippen LogP contribution in [0.3, 0.4) is 0 Å². The highest BCUT2D eigenvalue weighted by atomic mass is 16.5. The summed E-state index contributed by atoms with van der Waals surface area (Å²) in [5.41, 5.74) is 0.152. The second kappa shape index (κ2) is 12.6. The van der Waals surface area contributed by atoms with Gasteiger partial charge < -0.3 is 35.1 Å². The van der Waals surface area contributed by atoms with Gasteiger partial charge in [0.25, 0.3) is 5.91 Å².